The molecule has 1 fully saturated rings. The zero-order valence-electron chi connectivity index (χ0n) is 28.6. The van der Waals surface area contributed by atoms with Crippen molar-refractivity contribution in [3.63, 3.8) is 0 Å². The molecule has 4 atom stereocenters. The van der Waals surface area contributed by atoms with Crippen molar-refractivity contribution in [3.8, 4) is 0 Å². The number of carbonyl (C=O) groups is 4. The summed E-state index contributed by atoms with van der Waals surface area (Å²) in [6.45, 7) is 5.83. The first kappa shape index (κ1) is 35.4. The van der Waals surface area contributed by atoms with Crippen molar-refractivity contribution in [3.05, 3.63) is 83.9 Å². The molecule has 0 bridgehead atoms. The number of fused-ring (bicyclic) bond motifs is 1. The molecule has 0 aliphatic carbocycles. The van der Waals surface area contributed by atoms with E-state index in [4.69, 9.17) is 9.47 Å². The predicted octanol–water partition coefficient (Wildman–Crippen LogP) is 4.44. The molecule has 252 valence electrons. The molecule has 4 rings (SSSR count). The van der Waals surface area contributed by atoms with Gasteiger partial charge < -0.3 is 29.5 Å². The van der Waals surface area contributed by atoms with Gasteiger partial charge in [0, 0.05) is 47.6 Å². The topological polar surface area (TPSA) is 108 Å². The van der Waals surface area contributed by atoms with E-state index >= 15 is 0 Å². The van der Waals surface area contributed by atoms with Crippen LogP contribution in [-0.4, -0.2) is 103 Å². The number of ether oxygens (including phenoxy) is 2. The van der Waals surface area contributed by atoms with Gasteiger partial charge in [0.25, 0.3) is 5.91 Å². The highest BCUT2D eigenvalue weighted by molar-refractivity contribution is 5.93. The van der Waals surface area contributed by atoms with Gasteiger partial charge in [0.15, 0.2) is 6.10 Å². The minimum absolute atomic E-state index is 0.207. The third-order valence-electron chi connectivity index (χ3n) is 8.75. The number of likely N-dealkylation sites (tertiary alicyclic amines) is 1. The van der Waals surface area contributed by atoms with Gasteiger partial charge in [-0.25, -0.2) is 4.79 Å². The Labute approximate surface area is 278 Å². The molecule has 1 heterocycles. The van der Waals surface area contributed by atoms with Gasteiger partial charge in [-0.1, -0.05) is 72.8 Å². The summed E-state index contributed by atoms with van der Waals surface area (Å²) in [4.78, 5) is 59.5. The standard InChI is InChI=1S/C37H48N4O6/c1-37(2,3)47-36(45)41-21-13-18-29(41)32(46-7)35(44)40(6)31(24-26-19-20-27-16-11-12-17-28(27)22-26)34(43)39(5)30(33(42)38-4)23-25-14-9-8-10-15-25/h8-12,14-17,19-20,22,29-32H,13,18,21,23-24H2,1-7H3,(H,38,42)/t29-,30+,31+,32?/m0/s1. The zero-order valence-corrected chi connectivity index (χ0v) is 28.6. The Morgan fingerprint density at radius 3 is 2.11 bits per heavy atom. The summed E-state index contributed by atoms with van der Waals surface area (Å²) in [5, 5.41) is 4.77. The van der Waals surface area contributed by atoms with Gasteiger partial charge in [-0.2, -0.15) is 0 Å². The van der Waals surface area contributed by atoms with Crippen molar-refractivity contribution in [1.29, 1.82) is 0 Å². The van der Waals surface area contributed by atoms with E-state index in [2.05, 4.69) is 5.32 Å². The van der Waals surface area contributed by atoms with Crippen LogP contribution in [0.15, 0.2) is 72.8 Å². The molecule has 0 radical (unpaired) electrons. The van der Waals surface area contributed by atoms with E-state index in [0.717, 1.165) is 21.9 Å². The molecular formula is C37H48N4O6. The average Bonchev–Trinajstić information content (AvgIpc) is 3.54. The maximum absolute atomic E-state index is 14.5. The Kier molecular flexibility index (Phi) is 11.6. The number of likely N-dealkylation sites (N-methyl/N-ethyl adjacent to an activating group) is 3. The Morgan fingerprint density at radius 1 is 0.851 bits per heavy atom. The summed E-state index contributed by atoms with van der Waals surface area (Å²) < 4.78 is 11.4. The lowest BCUT2D eigenvalue weighted by Crippen LogP contribution is -2.59. The highest BCUT2D eigenvalue weighted by Gasteiger charge is 2.44. The molecule has 1 N–H and O–H groups in total. The van der Waals surface area contributed by atoms with Gasteiger partial charge in [-0.3, -0.25) is 14.4 Å². The zero-order chi connectivity index (χ0) is 34.3. The molecule has 3 aromatic rings. The lowest BCUT2D eigenvalue weighted by Gasteiger charge is -2.37. The van der Waals surface area contributed by atoms with Crippen LogP contribution in [-0.2, 0) is 36.7 Å². The molecule has 3 aromatic carbocycles. The number of hydrogen-bond donors (Lipinski definition) is 1. The predicted molar refractivity (Wildman–Crippen MR) is 182 cm³/mol. The maximum atomic E-state index is 14.5. The Hall–Kier alpha value is -4.44. The molecule has 10 heteroatoms. The molecule has 1 aliphatic heterocycles. The number of methoxy groups -OCH3 is 1. The Morgan fingerprint density at radius 2 is 1.47 bits per heavy atom. The SMILES string of the molecule is CNC(=O)[C@@H](Cc1ccccc1)N(C)C(=O)[C@@H](Cc1ccc2ccccc2c1)N(C)C(=O)C(OC)[C@@H]1CCCN1C(=O)OC(C)(C)C. The van der Waals surface area contributed by atoms with E-state index in [1.54, 1.807) is 46.8 Å². The first-order chi connectivity index (χ1) is 22.3. The van der Waals surface area contributed by atoms with Crippen molar-refractivity contribution in [2.45, 2.75) is 76.3 Å². The molecule has 1 unspecified atom stereocenters. The normalized spacial score (nSPS) is 16.7. The molecule has 1 aliphatic rings. The molecule has 0 aromatic heterocycles. The number of nitrogens with one attached hydrogen (secondary N) is 1. The van der Waals surface area contributed by atoms with Gasteiger partial charge in [0.05, 0.1) is 6.04 Å². The summed E-state index contributed by atoms with van der Waals surface area (Å²) in [5.74, 6) is -1.12. The highest BCUT2D eigenvalue weighted by Crippen LogP contribution is 2.27. The maximum Gasteiger partial charge on any atom is 0.410 e. The van der Waals surface area contributed by atoms with Gasteiger partial charge in [-0.15, -0.1) is 0 Å². The number of benzene rings is 3. The number of rotatable bonds is 11. The van der Waals surface area contributed by atoms with Crippen molar-refractivity contribution in [2.75, 3.05) is 34.8 Å². The van der Waals surface area contributed by atoms with Crippen LogP contribution < -0.4 is 5.32 Å². The molecule has 1 saturated heterocycles. The van der Waals surface area contributed by atoms with Crippen molar-refractivity contribution in [2.24, 2.45) is 0 Å². The van der Waals surface area contributed by atoms with E-state index in [-0.39, 0.29) is 18.2 Å². The summed E-state index contributed by atoms with van der Waals surface area (Å²) in [5.41, 5.74) is 1.07. The molecule has 4 amide bonds. The van der Waals surface area contributed by atoms with E-state index in [9.17, 15) is 19.2 Å². The van der Waals surface area contributed by atoms with Crippen molar-refractivity contribution in [1.82, 2.24) is 20.0 Å². The Balaban J connectivity index is 1.67. The summed E-state index contributed by atoms with van der Waals surface area (Å²) in [6, 6.07) is 21.1. The second kappa shape index (κ2) is 15.4. The van der Waals surface area contributed by atoms with Crippen LogP contribution in [0, 0.1) is 0 Å². The lowest BCUT2D eigenvalue weighted by atomic mass is 9.97. The molecule has 47 heavy (non-hydrogen) atoms. The van der Waals surface area contributed by atoms with E-state index in [1.165, 1.54) is 16.9 Å². The van der Waals surface area contributed by atoms with Crippen LogP contribution in [0.3, 0.4) is 0 Å². The van der Waals surface area contributed by atoms with Gasteiger partial charge in [0.1, 0.15) is 17.7 Å². The number of hydrogen-bond acceptors (Lipinski definition) is 6. The highest BCUT2D eigenvalue weighted by atomic mass is 16.6. The van der Waals surface area contributed by atoms with Crippen LogP contribution in [0.4, 0.5) is 4.79 Å². The largest absolute Gasteiger partial charge is 0.444 e. The number of nitrogens with zero attached hydrogens (tertiary/aromatic N) is 3. The van der Waals surface area contributed by atoms with Crippen molar-refractivity contribution >= 4 is 34.6 Å². The molecule has 0 spiro atoms. The third kappa shape index (κ3) is 8.68. The first-order valence-corrected chi connectivity index (χ1v) is 16.1. The fourth-order valence-electron chi connectivity index (χ4n) is 6.21. The first-order valence-electron chi connectivity index (χ1n) is 16.1. The number of carbonyl (C=O) groups excluding carboxylic acids is 4. The van der Waals surface area contributed by atoms with Gasteiger partial charge >= 0.3 is 6.09 Å². The average molecular weight is 645 g/mol. The van der Waals surface area contributed by atoms with Gasteiger partial charge in [-0.05, 0) is 55.5 Å². The van der Waals surface area contributed by atoms with E-state index in [0.29, 0.717) is 25.8 Å². The quantitative estimate of drug-likeness (QED) is 0.331. The fourth-order valence-corrected chi connectivity index (χ4v) is 6.21. The lowest BCUT2D eigenvalue weighted by molar-refractivity contribution is -0.154. The minimum atomic E-state index is -1.02. The fraction of sp³-hybridized carbons (Fsp3) is 0.459. The monoisotopic (exact) mass is 644 g/mol. The van der Waals surface area contributed by atoms with Crippen LogP contribution in [0.5, 0.6) is 0 Å². The minimum Gasteiger partial charge on any atom is -0.444 e. The smallest absolute Gasteiger partial charge is 0.410 e. The number of amides is 4. The summed E-state index contributed by atoms with van der Waals surface area (Å²) in [7, 11) is 6.17. The van der Waals surface area contributed by atoms with Gasteiger partial charge in [0.2, 0.25) is 11.8 Å². The molecule has 0 saturated carbocycles. The van der Waals surface area contributed by atoms with Crippen LogP contribution in [0.2, 0.25) is 0 Å². The van der Waals surface area contributed by atoms with E-state index in [1.807, 2.05) is 72.8 Å². The van der Waals surface area contributed by atoms with E-state index < -0.39 is 41.8 Å². The summed E-state index contributed by atoms with van der Waals surface area (Å²) in [6.07, 6.45) is 0.226. The molecular weight excluding hydrogens is 596 g/mol. The molecule has 10 nitrogen and oxygen atoms in total. The van der Waals surface area contributed by atoms with Crippen LogP contribution in [0.1, 0.15) is 44.7 Å². The van der Waals surface area contributed by atoms with Crippen molar-refractivity contribution < 1.29 is 28.7 Å². The summed E-state index contributed by atoms with van der Waals surface area (Å²) >= 11 is 0. The van der Waals surface area contributed by atoms with Crippen LogP contribution in [0.25, 0.3) is 10.8 Å². The third-order valence-corrected chi connectivity index (χ3v) is 8.75. The van der Waals surface area contributed by atoms with Crippen LogP contribution >= 0.6 is 0 Å². The Bertz CT molecular complexity index is 1560. The second-order valence-corrected chi connectivity index (χ2v) is 13.2. The second-order valence-electron chi connectivity index (χ2n) is 13.2.